The summed E-state index contributed by atoms with van der Waals surface area (Å²) in [7, 11) is 0. The number of hydrogen-bond donors (Lipinski definition) is 0. The first-order chi connectivity index (χ1) is 16.9. The van der Waals surface area contributed by atoms with E-state index in [1.165, 1.54) is 33.3 Å². The maximum atomic E-state index is 13.4. The van der Waals surface area contributed by atoms with Crippen LogP contribution in [0.3, 0.4) is 0 Å². The minimum absolute atomic E-state index is 0.134. The number of fused-ring (bicyclic) bond motifs is 1. The highest BCUT2D eigenvalue weighted by molar-refractivity contribution is 5.99. The SMILES string of the molecule is CCn1cc(CN2CCN(C(=O)c3ccc4c(c3)c(C)c(C)n4Cc3ccccc3)CC2)c(C)n1. The van der Waals surface area contributed by atoms with E-state index in [1.807, 2.05) is 21.7 Å². The molecule has 1 amide bonds. The molecule has 3 heterocycles. The highest BCUT2D eigenvalue weighted by Gasteiger charge is 2.24. The first kappa shape index (κ1) is 23.4. The Balaban J connectivity index is 1.29. The van der Waals surface area contributed by atoms with Gasteiger partial charge in [-0.15, -0.1) is 0 Å². The largest absolute Gasteiger partial charge is 0.340 e. The molecule has 35 heavy (non-hydrogen) atoms. The first-order valence-electron chi connectivity index (χ1n) is 12.6. The van der Waals surface area contributed by atoms with Crippen LogP contribution in [0.2, 0.25) is 0 Å². The third-order valence-electron chi connectivity index (χ3n) is 7.49. The van der Waals surface area contributed by atoms with Crippen molar-refractivity contribution < 1.29 is 4.79 Å². The zero-order valence-corrected chi connectivity index (χ0v) is 21.3. The van der Waals surface area contributed by atoms with E-state index >= 15 is 0 Å². The Morgan fingerprint density at radius 1 is 0.943 bits per heavy atom. The third-order valence-corrected chi connectivity index (χ3v) is 7.49. The number of hydrogen-bond acceptors (Lipinski definition) is 3. The van der Waals surface area contributed by atoms with Crippen LogP contribution in [0.25, 0.3) is 10.9 Å². The number of rotatable bonds is 6. The molecule has 1 aliphatic rings. The Morgan fingerprint density at radius 2 is 1.69 bits per heavy atom. The average Bonchev–Trinajstić information content (AvgIpc) is 3.36. The molecule has 2 aromatic carbocycles. The molecule has 1 saturated heterocycles. The van der Waals surface area contributed by atoms with Crippen LogP contribution in [0.4, 0.5) is 0 Å². The number of carbonyl (C=O) groups is 1. The summed E-state index contributed by atoms with van der Waals surface area (Å²) in [5, 5.41) is 5.74. The van der Waals surface area contributed by atoms with Crippen LogP contribution < -0.4 is 0 Å². The first-order valence-corrected chi connectivity index (χ1v) is 12.6. The number of piperazine rings is 1. The van der Waals surface area contributed by atoms with Gasteiger partial charge in [0.15, 0.2) is 0 Å². The van der Waals surface area contributed by atoms with Gasteiger partial charge in [-0.3, -0.25) is 14.4 Å². The summed E-state index contributed by atoms with van der Waals surface area (Å²) in [6.45, 7) is 14.4. The minimum Gasteiger partial charge on any atom is -0.340 e. The van der Waals surface area contributed by atoms with Crippen molar-refractivity contribution in [3.8, 4) is 0 Å². The quantitative estimate of drug-likeness (QED) is 0.408. The Hall–Kier alpha value is -3.38. The number of benzene rings is 2. The second-order valence-corrected chi connectivity index (χ2v) is 9.68. The second-order valence-electron chi connectivity index (χ2n) is 9.68. The number of carbonyl (C=O) groups excluding carboxylic acids is 1. The molecule has 6 heteroatoms. The maximum Gasteiger partial charge on any atom is 0.253 e. The molecule has 5 rings (SSSR count). The van der Waals surface area contributed by atoms with Crippen LogP contribution in [0.15, 0.2) is 54.7 Å². The fourth-order valence-electron chi connectivity index (χ4n) is 5.16. The van der Waals surface area contributed by atoms with Gasteiger partial charge >= 0.3 is 0 Å². The average molecular weight is 470 g/mol. The predicted molar refractivity (Wildman–Crippen MR) is 141 cm³/mol. The minimum atomic E-state index is 0.134. The lowest BCUT2D eigenvalue weighted by atomic mass is 10.1. The molecule has 2 aromatic heterocycles. The summed E-state index contributed by atoms with van der Waals surface area (Å²) in [6.07, 6.45) is 2.15. The lowest BCUT2D eigenvalue weighted by Gasteiger charge is -2.34. The van der Waals surface area contributed by atoms with E-state index in [9.17, 15) is 4.79 Å². The Labute approximate surface area is 207 Å². The van der Waals surface area contributed by atoms with Crippen molar-refractivity contribution in [3.63, 3.8) is 0 Å². The van der Waals surface area contributed by atoms with Crippen LogP contribution in [0.5, 0.6) is 0 Å². The van der Waals surface area contributed by atoms with E-state index in [2.05, 4.69) is 84.9 Å². The van der Waals surface area contributed by atoms with E-state index in [1.54, 1.807) is 0 Å². The highest BCUT2D eigenvalue weighted by atomic mass is 16.2. The smallest absolute Gasteiger partial charge is 0.253 e. The molecule has 182 valence electrons. The van der Waals surface area contributed by atoms with Crippen LogP contribution in [0, 0.1) is 20.8 Å². The summed E-state index contributed by atoms with van der Waals surface area (Å²) in [5.41, 5.74) is 8.13. The van der Waals surface area contributed by atoms with Gasteiger partial charge in [-0.25, -0.2) is 0 Å². The van der Waals surface area contributed by atoms with Crippen LogP contribution >= 0.6 is 0 Å². The molecule has 0 N–H and O–H groups in total. The standard InChI is InChI=1S/C29H35N5O/c1-5-33-20-26(22(3)30-33)19-31-13-15-32(16-14-31)29(35)25-11-12-28-27(17-25)21(2)23(4)34(28)18-24-9-7-6-8-10-24/h6-12,17,20H,5,13-16,18-19H2,1-4H3. The van der Waals surface area contributed by atoms with E-state index < -0.39 is 0 Å². The maximum absolute atomic E-state index is 13.4. The van der Waals surface area contributed by atoms with Gasteiger partial charge in [-0.1, -0.05) is 30.3 Å². The number of aromatic nitrogens is 3. The van der Waals surface area contributed by atoms with E-state index in [-0.39, 0.29) is 5.91 Å². The van der Waals surface area contributed by atoms with Crippen LogP contribution in [0.1, 0.15) is 45.4 Å². The van der Waals surface area contributed by atoms with Gasteiger partial charge in [0.1, 0.15) is 0 Å². The summed E-state index contributed by atoms with van der Waals surface area (Å²) in [4.78, 5) is 17.8. The molecule has 6 nitrogen and oxygen atoms in total. The normalized spacial score (nSPS) is 14.7. The molecule has 1 aliphatic heterocycles. The van der Waals surface area contributed by atoms with Crippen LogP contribution in [-0.2, 0) is 19.6 Å². The topological polar surface area (TPSA) is 46.3 Å². The molecule has 0 atom stereocenters. The van der Waals surface area contributed by atoms with Gasteiger partial charge in [0.25, 0.3) is 5.91 Å². The van der Waals surface area contributed by atoms with Gasteiger partial charge in [0.2, 0.25) is 0 Å². The zero-order valence-electron chi connectivity index (χ0n) is 21.3. The third kappa shape index (κ3) is 4.63. The van der Waals surface area contributed by atoms with Crippen molar-refractivity contribution in [1.29, 1.82) is 0 Å². The van der Waals surface area contributed by atoms with Gasteiger partial charge in [0.05, 0.1) is 5.69 Å². The van der Waals surface area contributed by atoms with Crippen LogP contribution in [-0.4, -0.2) is 56.2 Å². The molecule has 0 aliphatic carbocycles. The number of nitrogens with zero attached hydrogens (tertiary/aromatic N) is 5. The van der Waals surface area contributed by atoms with Crippen molar-refractivity contribution in [2.45, 2.75) is 47.3 Å². The fraction of sp³-hybridized carbons (Fsp3) is 0.379. The second kappa shape index (κ2) is 9.70. The summed E-state index contributed by atoms with van der Waals surface area (Å²) in [5.74, 6) is 0.134. The lowest BCUT2D eigenvalue weighted by molar-refractivity contribution is 0.0628. The van der Waals surface area contributed by atoms with Crippen molar-refractivity contribution in [1.82, 2.24) is 24.1 Å². The summed E-state index contributed by atoms with van der Waals surface area (Å²) < 4.78 is 4.35. The molecule has 4 aromatic rings. The van der Waals surface area contributed by atoms with Crippen molar-refractivity contribution >= 4 is 16.8 Å². The molecule has 0 bridgehead atoms. The summed E-state index contributed by atoms with van der Waals surface area (Å²) >= 11 is 0. The fourth-order valence-corrected chi connectivity index (χ4v) is 5.16. The molecular formula is C29H35N5O. The van der Waals surface area contributed by atoms with Crippen molar-refractivity contribution in [3.05, 3.63) is 88.4 Å². The molecule has 0 radical (unpaired) electrons. The van der Waals surface area contributed by atoms with Gasteiger partial charge < -0.3 is 9.47 Å². The Bertz CT molecular complexity index is 1340. The predicted octanol–water partition coefficient (Wildman–Crippen LogP) is 4.79. The van der Waals surface area contributed by atoms with E-state index in [4.69, 9.17) is 0 Å². The Morgan fingerprint density at radius 3 is 2.37 bits per heavy atom. The van der Waals surface area contributed by atoms with Crippen molar-refractivity contribution in [2.24, 2.45) is 0 Å². The van der Waals surface area contributed by atoms with Gasteiger partial charge in [-0.05, 0) is 57.0 Å². The highest BCUT2D eigenvalue weighted by Crippen LogP contribution is 2.28. The van der Waals surface area contributed by atoms with Gasteiger partial charge in [-0.2, -0.15) is 5.10 Å². The van der Waals surface area contributed by atoms with Gasteiger partial charge in [0, 0.05) is 79.7 Å². The number of aryl methyl sites for hydroxylation is 3. The zero-order chi connectivity index (χ0) is 24.5. The summed E-state index contributed by atoms with van der Waals surface area (Å²) in [6, 6.07) is 16.8. The lowest BCUT2D eigenvalue weighted by Crippen LogP contribution is -2.48. The van der Waals surface area contributed by atoms with E-state index in [0.717, 1.165) is 57.1 Å². The monoisotopic (exact) mass is 469 g/mol. The molecular weight excluding hydrogens is 434 g/mol. The molecule has 0 saturated carbocycles. The van der Waals surface area contributed by atoms with E-state index in [0.29, 0.717) is 0 Å². The Kier molecular flexibility index (Phi) is 6.48. The molecule has 1 fully saturated rings. The molecule has 0 unspecified atom stereocenters. The van der Waals surface area contributed by atoms with Crippen molar-refractivity contribution in [2.75, 3.05) is 26.2 Å². The molecule has 0 spiro atoms. The number of amides is 1.